The maximum atomic E-state index is 11.9. The number of fused-ring (bicyclic) bond motifs is 2. The Morgan fingerprint density at radius 2 is 1.15 bits per heavy atom. The van der Waals surface area contributed by atoms with Crippen LogP contribution in [0, 0.1) is 0 Å². The highest BCUT2D eigenvalue weighted by Gasteiger charge is 2.21. The molecule has 0 unspecified atom stereocenters. The van der Waals surface area contributed by atoms with Crippen LogP contribution in [0.25, 0.3) is 21.8 Å². The molecule has 4 rings (SSSR count). The molecule has 2 aromatic heterocycles. The molecule has 0 spiro atoms. The molecule has 0 atom stereocenters. The average molecular weight is 452 g/mol. The van der Waals surface area contributed by atoms with Gasteiger partial charge in [0.25, 0.3) is 11.1 Å². The number of aromatic nitrogens is 2. The molecule has 10 heteroatoms. The fourth-order valence-electron chi connectivity index (χ4n) is 3.44. The second-order valence-corrected chi connectivity index (χ2v) is 7.01. The van der Waals surface area contributed by atoms with Crippen LogP contribution in [-0.2, 0) is 18.8 Å². The van der Waals surface area contributed by atoms with Crippen LogP contribution in [0.2, 0.25) is 0 Å². The van der Waals surface area contributed by atoms with Gasteiger partial charge < -0.3 is 29.2 Å². The van der Waals surface area contributed by atoms with E-state index in [0.717, 1.165) is 7.11 Å². The number of carboxylic acids is 1. The molecule has 33 heavy (non-hydrogen) atoms. The van der Waals surface area contributed by atoms with E-state index in [4.69, 9.17) is 5.11 Å². The van der Waals surface area contributed by atoms with Crippen molar-refractivity contribution in [2.24, 2.45) is 14.1 Å². The van der Waals surface area contributed by atoms with Crippen molar-refractivity contribution in [2.45, 2.75) is 0 Å². The summed E-state index contributed by atoms with van der Waals surface area (Å²) in [5, 5.41) is 29.3. The van der Waals surface area contributed by atoms with Crippen molar-refractivity contribution < 1.29 is 29.6 Å². The van der Waals surface area contributed by atoms with E-state index in [1.165, 1.54) is 23.2 Å². The average Bonchev–Trinajstić information content (AvgIpc) is 2.81. The number of rotatable bonds is 2. The van der Waals surface area contributed by atoms with Crippen molar-refractivity contribution in [3.8, 4) is 11.5 Å². The molecule has 0 fully saturated rings. The molecule has 0 saturated carbocycles. The van der Waals surface area contributed by atoms with Crippen molar-refractivity contribution in [2.75, 3.05) is 7.11 Å². The quantitative estimate of drug-likeness (QED) is 0.391. The Balaban J connectivity index is 0.000000186. The molecule has 0 amide bonds. The zero-order valence-corrected chi connectivity index (χ0v) is 17.9. The van der Waals surface area contributed by atoms with Gasteiger partial charge in [-0.05, 0) is 24.3 Å². The van der Waals surface area contributed by atoms with Gasteiger partial charge in [-0.2, -0.15) is 0 Å². The first-order chi connectivity index (χ1) is 15.6. The van der Waals surface area contributed by atoms with E-state index in [1.807, 2.05) is 0 Å². The third kappa shape index (κ3) is 3.89. The fourth-order valence-corrected chi connectivity index (χ4v) is 3.44. The first-order valence-corrected chi connectivity index (χ1v) is 9.54. The van der Waals surface area contributed by atoms with E-state index in [1.54, 1.807) is 48.5 Å². The number of carbonyl (C=O) groups is 2. The summed E-state index contributed by atoms with van der Waals surface area (Å²) in [5.74, 6) is -3.08. The zero-order chi connectivity index (χ0) is 24.4. The number of pyridine rings is 2. The highest BCUT2D eigenvalue weighted by molar-refractivity contribution is 6.00. The van der Waals surface area contributed by atoms with E-state index in [-0.39, 0.29) is 11.3 Å². The molecule has 2 heterocycles. The summed E-state index contributed by atoms with van der Waals surface area (Å²) >= 11 is 0. The smallest absolute Gasteiger partial charge is 0.347 e. The van der Waals surface area contributed by atoms with E-state index in [9.17, 15) is 29.4 Å². The van der Waals surface area contributed by atoms with E-state index < -0.39 is 34.4 Å². The molecule has 0 aliphatic carbocycles. The first-order valence-electron chi connectivity index (χ1n) is 9.54. The lowest BCUT2D eigenvalue weighted by Gasteiger charge is -2.09. The molecule has 0 saturated heterocycles. The number of para-hydroxylation sites is 2. The normalized spacial score (nSPS) is 10.5. The monoisotopic (exact) mass is 452 g/mol. The Hall–Kier alpha value is -4.60. The summed E-state index contributed by atoms with van der Waals surface area (Å²) in [6.45, 7) is 0. The zero-order valence-electron chi connectivity index (χ0n) is 17.9. The molecule has 3 N–H and O–H groups in total. The van der Waals surface area contributed by atoms with E-state index >= 15 is 0 Å². The summed E-state index contributed by atoms with van der Waals surface area (Å²) in [4.78, 5) is 45.9. The number of esters is 1. The van der Waals surface area contributed by atoms with Gasteiger partial charge in [-0.1, -0.05) is 24.3 Å². The summed E-state index contributed by atoms with van der Waals surface area (Å²) in [6, 6.07) is 13.4. The van der Waals surface area contributed by atoms with Gasteiger partial charge >= 0.3 is 11.9 Å². The lowest BCUT2D eigenvalue weighted by Crippen LogP contribution is -2.25. The molecular weight excluding hydrogens is 432 g/mol. The summed E-state index contributed by atoms with van der Waals surface area (Å²) in [5.41, 5.74) is -1.18. The molecule has 0 aliphatic heterocycles. The van der Waals surface area contributed by atoms with Crippen LogP contribution in [0.3, 0.4) is 0 Å². The van der Waals surface area contributed by atoms with Crippen molar-refractivity contribution in [1.82, 2.24) is 9.13 Å². The number of ether oxygens (including phenoxy) is 1. The van der Waals surface area contributed by atoms with Crippen LogP contribution in [-0.4, -0.2) is 43.5 Å². The number of aromatic carboxylic acids is 1. The number of aryl methyl sites for hydroxylation is 2. The van der Waals surface area contributed by atoms with Gasteiger partial charge in [-0.25, -0.2) is 9.59 Å². The van der Waals surface area contributed by atoms with Crippen molar-refractivity contribution >= 4 is 33.7 Å². The topological polar surface area (TPSA) is 148 Å². The predicted octanol–water partition coefficient (Wildman–Crippen LogP) is 1.97. The van der Waals surface area contributed by atoms with E-state index in [0.29, 0.717) is 21.8 Å². The Kier molecular flexibility index (Phi) is 6.20. The Labute approximate surface area is 186 Å². The van der Waals surface area contributed by atoms with Crippen molar-refractivity contribution in [3.05, 3.63) is 80.4 Å². The SMILES string of the molecule is COC(=O)c1c(O)c2ccccc2n(C)c1=O.Cn1c(=O)c(C(=O)O)c(O)c2ccccc21. The van der Waals surface area contributed by atoms with Gasteiger partial charge in [0.1, 0.15) is 11.5 Å². The Morgan fingerprint density at radius 3 is 1.58 bits per heavy atom. The second-order valence-electron chi connectivity index (χ2n) is 7.01. The minimum Gasteiger partial charge on any atom is -0.506 e. The predicted molar refractivity (Wildman–Crippen MR) is 120 cm³/mol. The fraction of sp³-hybridized carbons (Fsp3) is 0.130. The molecule has 0 radical (unpaired) electrons. The lowest BCUT2D eigenvalue weighted by molar-refractivity contribution is 0.0594. The molecule has 2 aromatic carbocycles. The van der Waals surface area contributed by atoms with Crippen LogP contribution in [0.1, 0.15) is 20.7 Å². The number of carbonyl (C=O) groups excluding carboxylic acids is 1. The van der Waals surface area contributed by atoms with Crippen LogP contribution in [0.5, 0.6) is 11.5 Å². The number of benzene rings is 2. The van der Waals surface area contributed by atoms with Gasteiger partial charge in [-0.3, -0.25) is 9.59 Å². The van der Waals surface area contributed by atoms with Gasteiger partial charge in [0.2, 0.25) is 0 Å². The minimum atomic E-state index is -1.43. The highest BCUT2D eigenvalue weighted by Crippen LogP contribution is 2.26. The van der Waals surface area contributed by atoms with Crippen LogP contribution in [0.15, 0.2) is 58.1 Å². The minimum absolute atomic E-state index is 0.337. The maximum absolute atomic E-state index is 11.9. The molecular formula is C23H20N2O8. The molecule has 0 aliphatic rings. The number of hydrogen-bond acceptors (Lipinski definition) is 7. The molecule has 4 aromatic rings. The number of nitrogens with zero attached hydrogens (tertiary/aromatic N) is 2. The van der Waals surface area contributed by atoms with Crippen molar-refractivity contribution in [3.63, 3.8) is 0 Å². The second kappa shape index (κ2) is 8.87. The van der Waals surface area contributed by atoms with Crippen LogP contribution in [0.4, 0.5) is 0 Å². The Bertz CT molecular complexity index is 1530. The van der Waals surface area contributed by atoms with Gasteiger partial charge in [0.05, 0.1) is 18.1 Å². The largest absolute Gasteiger partial charge is 0.506 e. The standard InChI is InChI=1S/C12H11NO4.C11H9NO4/c1-13-8-6-4-3-5-7(8)10(14)9(11(13)15)12(16)17-2;1-12-7-5-3-2-4-6(7)9(13)8(10(12)14)11(15)16/h3-6,14H,1-2H3;2-5,13H,1H3,(H,15,16). The summed E-state index contributed by atoms with van der Waals surface area (Å²) < 4.78 is 7.00. The lowest BCUT2D eigenvalue weighted by atomic mass is 10.1. The third-order valence-corrected chi connectivity index (χ3v) is 5.16. The van der Waals surface area contributed by atoms with Crippen LogP contribution >= 0.6 is 0 Å². The highest BCUT2D eigenvalue weighted by atomic mass is 16.5. The maximum Gasteiger partial charge on any atom is 0.347 e. The number of aromatic hydroxyl groups is 2. The Morgan fingerprint density at radius 1 is 0.758 bits per heavy atom. The first kappa shape index (κ1) is 23.1. The summed E-state index contributed by atoms with van der Waals surface area (Å²) in [6.07, 6.45) is 0. The van der Waals surface area contributed by atoms with Gasteiger partial charge in [-0.15, -0.1) is 0 Å². The number of carboxylic acid groups (broad SMARTS) is 1. The summed E-state index contributed by atoms with van der Waals surface area (Å²) in [7, 11) is 4.17. The van der Waals surface area contributed by atoms with Gasteiger partial charge in [0, 0.05) is 24.9 Å². The molecule has 10 nitrogen and oxygen atoms in total. The van der Waals surface area contributed by atoms with E-state index in [2.05, 4.69) is 4.74 Å². The van der Waals surface area contributed by atoms with Crippen LogP contribution < -0.4 is 11.1 Å². The number of methoxy groups -OCH3 is 1. The molecule has 170 valence electrons. The molecule has 0 bridgehead atoms. The third-order valence-electron chi connectivity index (χ3n) is 5.16. The van der Waals surface area contributed by atoms with Crippen molar-refractivity contribution in [1.29, 1.82) is 0 Å². The number of hydrogen-bond donors (Lipinski definition) is 3. The van der Waals surface area contributed by atoms with Gasteiger partial charge in [0.15, 0.2) is 11.1 Å².